The molecule has 1 saturated carbocycles. The van der Waals surface area contributed by atoms with E-state index in [1.165, 1.54) is 0 Å². The Morgan fingerprint density at radius 1 is 1.36 bits per heavy atom. The highest BCUT2D eigenvalue weighted by Crippen LogP contribution is 2.39. The number of hydrogen-bond donors (Lipinski definition) is 2. The second-order valence-corrected chi connectivity index (χ2v) is 9.10. The van der Waals surface area contributed by atoms with Crippen LogP contribution >= 0.6 is 0 Å². The Morgan fingerprint density at radius 2 is 2.08 bits per heavy atom. The van der Waals surface area contributed by atoms with Crippen LogP contribution in [0.4, 0.5) is 5.82 Å². The number of nitrogens with zero attached hydrogens (tertiary/aromatic N) is 4. The van der Waals surface area contributed by atoms with Crippen molar-refractivity contribution in [2.45, 2.75) is 62.3 Å². The van der Waals surface area contributed by atoms with Gasteiger partial charge in [0.05, 0.1) is 22.0 Å². The first-order valence-corrected chi connectivity index (χ1v) is 9.83. The molecule has 0 saturated heterocycles. The number of nitrogens with one attached hydrogen (secondary N) is 2. The summed E-state index contributed by atoms with van der Waals surface area (Å²) in [6.45, 7) is 6.21. The Labute approximate surface area is 150 Å². The molecule has 134 valence electrons. The maximum absolute atomic E-state index is 12.5. The van der Waals surface area contributed by atoms with Gasteiger partial charge in [0.1, 0.15) is 22.4 Å². The van der Waals surface area contributed by atoms with E-state index in [1.54, 1.807) is 7.05 Å². The highest BCUT2D eigenvalue weighted by atomic mass is 32.2. The number of fused-ring (bicyclic) bond motifs is 1. The number of rotatable bonds is 3. The van der Waals surface area contributed by atoms with Gasteiger partial charge in [0, 0.05) is 24.6 Å². The third kappa shape index (κ3) is 3.13. The van der Waals surface area contributed by atoms with Crippen molar-refractivity contribution in [1.29, 1.82) is 5.26 Å². The zero-order valence-electron chi connectivity index (χ0n) is 15.1. The Kier molecular flexibility index (Phi) is 4.54. The maximum Gasteiger partial charge on any atom is 0.182 e. The predicted octanol–water partition coefficient (Wildman–Crippen LogP) is 1.87. The molecular weight excluding hydrogens is 336 g/mol. The Balaban J connectivity index is 2.06. The van der Waals surface area contributed by atoms with Crippen LogP contribution in [0.3, 0.4) is 0 Å². The fraction of sp³-hybridized carbons (Fsp3) is 0.647. The summed E-state index contributed by atoms with van der Waals surface area (Å²) in [7, 11) is 0.583. The van der Waals surface area contributed by atoms with Crippen molar-refractivity contribution in [3.05, 3.63) is 11.5 Å². The normalized spacial score (nSPS) is 21.9. The van der Waals surface area contributed by atoms with Crippen molar-refractivity contribution in [2.24, 2.45) is 4.99 Å². The zero-order chi connectivity index (χ0) is 18.2. The smallest absolute Gasteiger partial charge is 0.182 e. The first-order valence-electron chi connectivity index (χ1n) is 8.51. The minimum absolute atomic E-state index is 0.200. The monoisotopic (exact) mass is 360 g/mol. The molecule has 1 atom stereocenters. The molecule has 1 fully saturated rings. The molecule has 25 heavy (non-hydrogen) atoms. The molecule has 1 unspecified atom stereocenters. The fourth-order valence-corrected chi connectivity index (χ4v) is 4.54. The van der Waals surface area contributed by atoms with Crippen molar-refractivity contribution < 1.29 is 4.21 Å². The van der Waals surface area contributed by atoms with Gasteiger partial charge in [-0.15, -0.1) is 0 Å². The standard InChI is InChI=1S/C17H24N6OS/c1-16(2,3)14-21-11-6-9-25(24)12(11)13(22-14)23-17(7-5-8-17)15(19-4)20-10-18/h5-9H2,1-4H3,(H,19,20)(H,21,22,23). The van der Waals surface area contributed by atoms with E-state index in [9.17, 15) is 4.21 Å². The molecule has 1 aromatic heterocycles. The number of hydrogen-bond acceptors (Lipinski definition) is 6. The van der Waals surface area contributed by atoms with Gasteiger partial charge in [-0.05, 0) is 19.3 Å². The van der Waals surface area contributed by atoms with Gasteiger partial charge >= 0.3 is 0 Å². The van der Waals surface area contributed by atoms with E-state index in [0.29, 0.717) is 28.7 Å². The molecule has 3 rings (SSSR count). The molecule has 2 heterocycles. The summed E-state index contributed by atoms with van der Waals surface area (Å²) in [5.41, 5.74) is 0.224. The van der Waals surface area contributed by atoms with Crippen LogP contribution in [0.5, 0.6) is 0 Å². The lowest BCUT2D eigenvalue weighted by Crippen LogP contribution is -2.56. The Morgan fingerprint density at radius 3 is 2.60 bits per heavy atom. The van der Waals surface area contributed by atoms with Gasteiger partial charge in [-0.1, -0.05) is 20.8 Å². The average molecular weight is 360 g/mol. The third-order valence-electron chi connectivity index (χ3n) is 4.77. The van der Waals surface area contributed by atoms with E-state index >= 15 is 0 Å². The van der Waals surface area contributed by atoms with E-state index in [0.717, 1.165) is 30.8 Å². The van der Waals surface area contributed by atoms with E-state index in [4.69, 9.17) is 10.2 Å². The van der Waals surface area contributed by atoms with E-state index < -0.39 is 16.3 Å². The van der Waals surface area contributed by atoms with Crippen LogP contribution in [0.1, 0.15) is 51.6 Å². The SMILES string of the molecule is CN=C(NC#N)C1(Nc2nc(C(C)(C)C)nc3c2S(=O)CC3)CCC1. The topological polar surface area (TPSA) is 103 Å². The minimum Gasteiger partial charge on any atom is -0.356 e. The highest BCUT2D eigenvalue weighted by Gasteiger charge is 2.44. The lowest BCUT2D eigenvalue weighted by molar-refractivity contribution is 0.364. The van der Waals surface area contributed by atoms with Gasteiger partial charge in [-0.25, -0.2) is 9.97 Å². The fourth-order valence-electron chi connectivity index (χ4n) is 3.24. The second-order valence-electron chi connectivity index (χ2n) is 7.59. The summed E-state index contributed by atoms with van der Waals surface area (Å²) in [6.07, 6.45) is 5.42. The molecule has 0 aromatic carbocycles. The van der Waals surface area contributed by atoms with Gasteiger partial charge in [-0.3, -0.25) is 14.5 Å². The lowest BCUT2D eigenvalue weighted by atomic mass is 9.75. The zero-order valence-corrected chi connectivity index (χ0v) is 16.0. The summed E-state index contributed by atoms with van der Waals surface area (Å²) < 4.78 is 12.5. The van der Waals surface area contributed by atoms with Crippen molar-refractivity contribution in [1.82, 2.24) is 15.3 Å². The number of amidine groups is 1. The third-order valence-corrected chi connectivity index (χ3v) is 6.23. The summed E-state index contributed by atoms with van der Waals surface area (Å²) in [5, 5.41) is 15.2. The van der Waals surface area contributed by atoms with Gasteiger partial charge in [0.25, 0.3) is 0 Å². The molecule has 2 N–H and O–H groups in total. The van der Waals surface area contributed by atoms with Crippen LogP contribution in [-0.4, -0.2) is 38.4 Å². The molecule has 1 aliphatic heterocycles. The van der Waals surface area contributed by atoms with Crippen molar-refractivity contribution in [2.75, 3.05) is 18.1 Å². The summed E-state index contributed by atoms with van der Waals surface area (Å²) in [5.74, 6) is 2.57. The second kappa shape index (κ2) is 6.37. The van der Waals surface area contributed by atoms with Crippen LogP contribution in [0.2, 0.25) is 0 Å². The molecule has 0 spiro atoms. The van der Waals surface area contributed by atoms with Gasteiger partial charge < -0.3 is 5.32 Å². The molecule has 2 aliphatic rings. The molecule has 0 bridgehead atoms. The van der Waals surface area contributed by atoms with Crippen LogP contribution in [0.15, 0.2) is 9.89 Å². The molecular formula is C17H24N6OS. The lowest BCUT2D eigenvalue weighted by Gasteiger charge is -2.43. The predicted molar refractivity (Wildman–Crippen MR) is 98.0 cm³/mol. The van der Waals surface area contributed by atoms with Crippen molar-refractivity contribution in [3.63, 3.8) is 0 Å². The van der Waals surface area contributed by atoms with Gasteiger partial charge in [0.15, 0.2) is 6.19 Å². The van der Waals surface area contributed by atoms with E-state index in [1.807, 2.05) is 6.19 Å². The van der Waals surface area contributed by atoms with E-state index in [2.05, 4.69) is 41.4 Å². The van der Waals surface area contributed by atoms with Crippen molar-refractivity contribution >= 4 is 22.5 Å². The summed E-state index contributed by atoms with van der Waals surface area (Å²) >= 11 is 0. The molecule has 7 nitrogen and oxygen atoms in total. The number of aliphatic imine (C=N–C) groups is 1. The van der Waals surface area contributed by atoms with Crippen LogP contribution in [-0.2, 0) is 22.6 Å². The number of nitriles is 1. The molecule has 8 heteroatoms. The largest absolute Gasteiger partial charge is 0.356 e. The van der Waals surface area contributed by atoms with Gasteiger partial charge in [-0.2, -0.15) is 5.26 Å². The Bertz CT molecular complexity index is 786. The summed E-state index contributed by atoms with van der Waals surface area (Å²) in [6, 6.07) is 0. The molecule has 0 radical (unpaired) electrons. The average Bonchev–Trinajstić information content (AvgIpc) is 2.89. The number of aryl methyl sites for hydroxylation is 1. The summed E-state index contributed by atoms with van der Waals surface area (Å²) in [4.78, 5) is 14.4. The quantitative estimate of drug-likeness (QED) is 0.369. The number of anilines is 1. The van der Waals surface area contributed by atoms with Crippen LogP contribution in [0.25, 0.3) is 0 Å². The highest BCUT2D eigenvalue weighted by molar-refractivity contribution is 7.85. The first kappa shape index (κ1) is 17.8. The van der Waals surface area contributed by atoms with Crippen LogP contribution in [0, 0.1) is 11.5 Å². The van der Waals surface area contributed by atoms with Crippen LogP contribution < -0.4 is 10.6 Å². The molecule has 1 aromatic rings. The maximum atomic E-state index is 12.5. The minimum atomic E-state index is -1.09. The van der Waals surface area contributed by atoms with Crippen molar-refractivity contribution in [3.8, 4) is 6.19 Å². The first-order chi connectivity index (χ1) is 11.8. The van der Waals surface area contributed by atoms with Gasteiger partial charge in [0.2, 0.25) is 0 Å². The molecule has 0 amide bonds. The van der Waals surface area contributed by atoms with E-state index in [-0.39, 0.29) is 5.41 Å². The number of aromatic nitrogens is 2. The molecule has 1 aliphatic carbocycles. The Hall–Kier alpha value is -2.01.